The summed E-state index contributed by atoms with van der Waals surface area (Å²) in [6.07, 6.45) is 1.63. The van der Waals surface area contributed by atoms with E-state index in [1.54, 1.807) is 30.3 Å². The molecule has 0 saturated carbocycles. The normalized spacial score (nSPS) is 18.0. The average molecular weight is 391 g/mol. The Kier molecular flexibility index (Phi) is 5.92. The number of rotatable bonds is 7. The number of carbonyl (C=O) groups is 2. The molecule has 0 heterocycles. The van der Waals surface area contributed by atoms with Crippen molar-refractivity contribution < 1.29 is 29.2 Å². The first-order valence-electron chi connectivity index (χ1n) is 8.60. The van der Waals surface area contributed by atoms with E-state index in [0.29, 0.717) is 16.1 Å². The molecule has 6 nitrogen and oxygen atoms in total. The molecule has 0 bridgehead atoms. The average Bonchev–Trinajstić information content (AvgIpc) is 2.69. The van der Waals surface area contributed by atoms with Gasteiger partial charge in [-0.15, -0.1) is 0 Å². The lowest BCUT2D eigenvalue weighted by atomic mass is 9.80. The lowest BCUT2D eigenvalue weighted by Gasteiger charge is -2.36. The molecular formula is C20H19ClO6. The highest BCUT2D eigenvalue weighted by Gasteiger charge is 2.47. The van der Waals surface area contributed by atoms with Crippen molar-refractivity contribution in [1.29, 1.82) is 0 Å². The van der Waals surface area contributed by atoms with E-state index >= 15 is 0 Å². The summed E-state index contributed by atoms with van der Waals surface area (Å²) in [5.74, 6) is -2.71. The van der Waals surface area contributed by atoms with Gasteiger partial charge in [0.1, 0.15) is 6.61 Å². The number of hydrogen-bond donors (Lipinski definition) is 1. The van der Waals surface area contributed by atoms with E-state index < -0.39 is 18.4 Å². The third-order valence-corrected chi connectivity index (χ3v) is 4.62. The molecule has 0 fully saturated rings. The Hall–Kier alpha value is -2.25. The molecule has 1 aliphatic rings. The minimum atomic E-state index is -1.84. The van der Waals surface area contributed by atoms with Crippen LogP contribution in [0.3, 0.4) is 0 Å². The second kappa shape index (κ2) is 8.19. The Morgan fingerprint density at radius 2 is 1.89 bits per heavy atom. The lowest BCUT2D eigenvalue weighted by Crippen LogP contribution is -2.41. The summed E-state index contributed by atoms with van der Waals surface area (Å²) < 4.78 is 10.8. The number of esters is 1. The highest BCUT2D eigenvalue weighted by atomic mass is 35.5. The maximum Gasteiger partial charge on any atom is 0.332 e. The second-order valence-electron chi connectivity index (χ2n) is 6.14. The molecule has 1 aliphatic carbocycles. The zero-order chi connectivity index (χ0) is 19.4. The summed E-state index contributed by atoms with van der Waals surface area (Å²) in [7, 11) is 0. The van der Waals surface area contributed by atoms with Crippen molar-refractivity contribution in [3.05, 3.63) is 69.7 Å². The van der Waals surface area contributed by atoms with Gasteiger partial charge in [0, 0.05) is 27.3 Å². The Morgan fingerprint density at radius 3 is 2.63 bits per heavy atom. The number of carbonyl (C=O) groups excluding carboxylic acids is 2. The third kappa shape index (κ3) is 3.61. The van der Waals surface area contributed by atoms with E-state index in [4.69, 9.17) is 26.0 Å². The van der Waals surface area contributed by atoms with Gasteiger partial charge >= 0.3 is 5.97 Å². The molecule has 142 valence electrons. The van der Waals surface area contributed by atoms with Crippen LogP contribution in [-0.2, 0) is 24.9 Å². The Labute approximate surface area is 161 Å². The molecule has 0 spiro atoms. The molecule has 0 amide bonds. The van der Waals surface area contributed by atoms with Gasteiger partial charge in [-0.05, 0) is 18.6 Å². The quantitative estimate of drug-likeness (QED) is 0.253. The molecule has 3 rings (SSSR count). The van der Waals surface area contributed by atoms with Crippen LogP contribution >= 0.6 is 11.6 Å². The molecule has 1 atom stereocenters. The topological polar surface area (TPSA) is 82.1 Å². The minimum Gasteiger partial charge on any atom is -0.464 e. The van der Waals surface area contributed by atoms with E-state index in [0.717, 1.165) is 12.8 Å². The van der Waals surface area contributed by atoms with Crippen LogP contribution in [0.5, 0.6) is 0 Å². The van der Waals surface area contributed by atoms with Crippen molar-refractivity contribution in [3.63, 3.8) is 0 Å². The van der Waals surface area contributed by atoms with Crippen LogP contribution in [0, 0.1) is 0 Å². The number of ketones is 1. The van der Waals surface area contributed by atoms with Gasteiger partial charge in [-0.25, -0.2) is 10.1 Å². The maximum atomic E-state index is 12.8. The van der Waals surface area contributed by atoms with Crippen LogP contribution in [0.1, 0.15) is 46.8 Å². The van der Waals surface area contributed by atoms with Gasteiger partial charge in [-0.1, -0.05) is 55.3 Å². The zero-order valence-electron chi connectivity index (χ0n) is 14.7. The number of hydrogen-bond acceptors (Lipinski definition) is 6. The first-order chi connectivity index (χ1) is 13.0. The first kappa shape index (κ1) is 19.5. The zero-order valence-corrected chi connectivity index (χ0v) is 15.5. The summed E-state index contributed by atoms with van der Waals surface area (Å²) in [5, 5.41) is 10.2. The van der Waals surface area contributed by atoms with Crippen molar-refractivity contribution in [3.8, 4) is 0 Å². The van der Waals surface area contributed by atoms with Crippen LogP contribution in [-0.4, -0.2) is 30.2 Å². The highest BCUT2D eigenvalue weighted by molar-refractivity contribution is 6.31. The molecule has 1 N–H and O–H groups in total. The van der Waals surface area contributed by atoms with Gasteiger partial charge in [0.25, 0.3) is 5.79 Å². The van der Waals surface area contributed by atoms with Gasteiger partial charge in [0.2, 0.25) is 0 Å². The van der Waals surface area contributed by atoms with Gasteiger partial charge in [0.05, 0.1) is 6.61 Å². The van der Waals surface area contributed by atoms with Crippen LogP contribution in [0.4, 0.5) is 0 Å². The number of fused-ring (bicyclic) bond motifs is 2. The number of benzene rings is 2. The predicted molar refractivity (Wildman–Crippen MR) is 97.6 cm³/mol. The molecule has 27 heavy (non-hydrogen) atoms. The van der Waals surface area contributed by atoms with Gasteiger partial charge in [-0.2, -0.15) is 4.89 Å². The highest BCUT2D eigenvalue weighted by Crippen LogP contribution is 2.43. The number of ether oxygens (including phenoxy) is 2. The molecule has 7 heteroatoms. The van der Waals surface area contributed by atoms with Crippen molar-refractivity contribution in [2.45, 2.75) is 25.6 Å². The number of halogens is 1. The van der Waals surface area contributed by atoms with Crippen LogP contribution in [0.25, 0.3) is 0 Å². The summed E-state index contributed by atoms with van der Waals surface area (Å²) in [6, 6.07) is 11.1. The molecule has 0 aromatic heterocycles. The molecular weight excluding hydrogens is 372 g/mol. The second-order valence-corrected chi connectivity index (χ2v) is 6.57. The minimum absolute atomic E-state index is 0.231. The Bertz CT molecular complexity index is 865. The van der Waals surface area contributed by atoms with Crippen molar-refractivity contribution >= 4 is 23.4 Å². The van der Waals surface area contributed by atoms with Crippen molar-refractivity contribution in [2.75, 3.05) is 13.2 Å². The lowest BCUT2D eigenvalue weighted by molar-refractivity contribution is -0.394. The summed E-state index contributed by atoms with van der Waals surface area (Å²) in [5.41, 5.74) is 1.09. The van der Waals surface area contributed by atoms with Gasteiger partial charge in [-0.3, -0.25) is 4.79 Å². The monoisotopic (exact) mass is 390 g/mol. The van der Waals surface area contributed by atoms with E-state index in [-0.39, 0.29) is 23.5 Å². The van der Waals surface area contributed by atoms with E-state index in [1.807, 2.05) is 6.92 Å². The Morgan fingerprint density at radius 1 is 1.15 bits per heavy atom. The predicted octanol–water partition coefficient (Wildman–Crippen LogP) is 3.94. The smallest absolute Gasteiger partial charge is 0.332 e. The van der Waals surface area contributed by atoms with E-state index in [1.165, 1.54) is 12.1 Å². The first-order valence-corrected chi connectivity index (χ1v) is 8.97. The van der Waals surface area contributed by atoms with Crippen LogP contribution in [0.15, 0.2) is 42.5 Å². The van der Waals surface area contributed by atoms with Gasteiger partial charge < -0.3 is 9.47 Å². The van der Waals surface area contributed by atoms with Gasteiger partial charge in [0.15, 0.2) is 5.78 Å². The standard InChI is InChI=1S/C20H19ClO6/c1-2-3-10-25-18(22)12-26-20(27-24)16-7-5-4-6-14(16)19(23)15-11-13(21)8-9-17(15)20/h4-9,11,24H,2-3,10,12H2,1H3. The van der Waals surface area contributed by atoms with Crippen LogP contribution < -0.4 is 0 Å². The molecule has 1 unspecified atom stereocenters. The summed E-state index contributed by atoms with van der Waals surface area (Å²) in [4.78, 5) is 29.6. The van der Waals surface area contributed by atoms with Crippen LogP contribution in [0.2, 0.25) is 5.02 Å². The largest absolute Gasteiger partial charge is 0.464 e. The molecule has 2 aromatic rings. The SMILES string of the molecule is CCCCOC(=O)COC1(OO)c2ccccc2C(=O)c2cc(Cl)ccc21. The summed E-state index contributed by atoms with van der Waals surface area (Å²) >= 11 is 6.03. The summed E-state index contributed by atoms with van der Waals surface area (Å²) in [6.45, 7) is 1.80. The molecule has 0 saturated heterocycles. The fourth-order valence-corrected chi connectivity index (χ4v) is 3.23. The van der Waals surface area contributed by atoms with E-state index in [2.05, 4.69) is 0 Å². The maximum absolute atomic E-state index is 12.8. The third-order valence-electron chi connectivity index (χ3n) is 4.39. The van der Waals surface area contributed by atoms with E-state index in [9.17, 15) is 14.8 Å². The fraction of sp³-hybridized carbons (Fsp3) is 0.300. The fourth-order valence-electron chi connectivity index (χ4n) is 3.06. The molecule has 2 aromatic carbocycles. The Balaban J connectivity index is 2.00. The number of unbranched alkanes of at least 4 members (excludes halogenated alkanes) is 1. The van der Waals surface area contributed by atoms with Crippen molar-refractivity contribution in [1.82, 2.24) is 0 Å². The molecule has 0 aliphatic heterocycles. The molecule has 0 radical (unpaired) electrons. The van der Waals surface area contributed by atoms with Crippen molar-refractivity contribution in [2.24, 2.45) is 0 Å².